The van der Waals surface area contributed by atoms with Crippen molar-refractivity contribution in [1.29, 1.82) is 0 Å². The van der Waals surface area contributed by atoms with E-state index in [1.165, 1.54) is 24.8 Å². The SMILES string of the molecule is CC1CC[C@@H](c2cnc(N3CCN(CCO)CC3)nc2)C1. The first-order chi connectivity index (χ1) is 10.3. The molecule has 2 atom stereocenters. The van der Waals surface area contributed by atoms with Gasteiger partial charge in [0.1, 0.15) is 0 Å². The summed E-state index contributed by atoms with van der Waals surface area (Å²) >= 11 is 0. The van der Waals surface area contributed by atoms with Crippen molar-refractivity contribution in [2.75, 3.05) is 44.2 Å². The molecule has 5 nitrogen and oxygen atoms in total. The van der Waals surface area contributed by atoms with Crippen LogP contribution in [0.1, 0.15) is 37.7 Å². The predicted octanol–water partition coefficient (Wildman–Crippen LogP) is 1.49. The van der Waals surface area contributed by atoms with Crippen LogP contribution in [0, 0.1) is 5.92 Å². The largest absolute Gasteiger partial charge is 0.395 e. The molecule has 5 heteroatoms. The van der Waals surface area contributed by atoms with Gasteiger partial charge in [-0.1, -0.05) is 13.3 Å². The van der Waals surface area contributed by atoms with Crippen LogP contribution < -0.4 is 4.90 Å². The maximum Gasteiger partial charge on any atom is 0.225 e. The van der Waals surface area contributed by atoms with Gasteiger partial charge in [0.2, 0.25) is 5.95 Å². The third kappa shape index (κ3) is 3.52. The lowest BCUT2D eigenvalue weighted by atomic mass is 10.00. The number of hydrogen-bond acceptors (Lipinski definition) is 5. The predicted molar refractivity (Wildman–Crippen MR) is 83.5 cm³/mol. The van der Waals surface area contributed by atoms with Crippen molar-refractivity contribution in [3.05, 3.63) is 18.0 Å². The highest BCUT2D eigenvalue weighted by atomic mass is 16.3. The number of piperazine rings is 1. The van der Waals surface area contributed by atoms with Gasteiger partial charge in [-0.2, -0.15) is 0 Å². The van der Waals surface area contributed by atoms with E-state index in [1.54, 1.807) is 0 Å². The Morgan fingerprint density at radius 3 is 2.43 bits per heavy atom. The molecule has 0 bridgehead atoms. The standard InChI is InChI=1S/C16H26N4O/c1-13-2-3-14(10-13)15-11-17-16(18-12-15)20-6-4-19(5-7-20)8-9-21/h11-14,21H,2-10H2,1H3/t13?,14-/m1/s1. The van der Waals surface area contributed by atoms with Crippen molar-refractivity contribution in [2.45, 2.75) is 32.1 Å². The Kier molecular flexibility index (Phi) is 4.70. The molecule has 116 valence electrons. The smallest absolute Gasteiger partial charge is 0.225 e. The van der Waals surface area contributed by atoms with Crippen molar-refractivity contribution in [3.8, 4) is 0 Å². The van der Waals surface area contributed by atoms with Crippen molar-refractivity contribution >= 4 is 5.95 Å². The number of aliphatic hydroxyl groups excluding tert-OH is 1. The Labute approximate surface area is 127 Å². The first-order valence-electron chi connectivity index (χ1n) is 8.16. The van der Waals surface area contributed by atoms with Crippen molar-refractivity contribution in [2.24, 2.45) is 5.92 Å². The summed E-state index contributed by atoms with van der Waals surface area (Å²) in [6.07, 6.45) is 7.96. The van der Waals surface area contributed by atoms with Gasteiger partial charge in [-0.15, -0.1) is 0 Å². The van der Waals surface area contributed by atoms with E-state index in [-0.39, 0.29) is 6.61 Å². The summed E-state index contributed by atoms with van der Waals surface area (Å²) < 4.78 is 0. The zero-order valence-corrected chi connectivity index (χ0v) is 12.9. The fraction of sp³-hybridized carbons (Fsp3) is 0.750. The molecule has 3 rings (SSSR count). The van der Waals surface area contributed by atoms with Gasteiger partial charge in [0.25, 0.3) is 0 Å². The second-order valence-electron chi connectivity index (χ2n) is 6.48. The van der Waals surface area contributed by atoms with Crippen LogP contribution in [0.5, 0.6) is 0 Å². The molecular formula is C16H26N4O. The summed E-state index contributed by atoms with van der Waals surface area (Å²) in [5.41, 5.74) is 1.31. The molecule has 1 N–H and O–H groups in total. The summed E-state index contributed by atoms with van der Waals surface area (Å²) in [5, 5.41) is 8.97. The molecule has 2 aliphatic rings. The molecule has 1 saturated heterocycles. The highest BCUT2D eigenvalue weighted by molar-refractivity contribution is 5.31. The number of nitrogens with zero attached hydrogens (tertiary/aromatic N) is 4. The van der Waals surface area contributed by atoms with Crippen LogP contribution in [0.2, 0.25) is 0 Å². The zero-order valence-electron chi connectivity index (χ0n) is 12.9. The summed E-state index contributed by atoms with van der Waals surface area (Å²) in [7, 11) is 0. The molecule has 1 aromatic rings. The van der Waals surface area contributed by atoms with Gasteiger partial charge in [0, 0.05) is 45.1 Å². The molecule has 21 heavy (non-hydrogen) atoms. The molecule has 0 amide bonds. The van der Waals surface area contributed by atoms with Gasteiger partial charge in [-0.05, 0) is 30.2 Å². The molecule has 1 aliphatic heterocycles. The van der Waals surface area contributed by atoms with Crippen LogP contribution in [-0.2, 0) is 0 Å². The van der Waals surface area contributed by atoms with Crippen LogP contribution in [0.25, 0.3) is 0 Å². The minimum absolute atomic E-state index is 0.241. The molecule has 1 aliphatic carbocycles. The highest BCUT2D eigenvalue weighted by Gasteiger charge is 2.24. The Morgan fingerprint density at radius 1 is 1.14 bits per heavy atom. The number of rotatable bonds is 4. The van der Waals surface area contributed by atoms with Crippen LogP contribution in [0.15, 0.2) is 12.4 Å². The van der Waals surface area contributed by atoms with Crippen LogP contribution in [0.4, 0.5) is 5.95 Å². The normalized spacial score (nSPS) is 27.2. The summed E-state index contributed by atoms with van der Waals surface area (Å²) in [4.78, 5) is 13.7. The van der Waals surface area contributed by atoms with E-state index in [9.17, 15) is 0 Å². The number of aliphatic hydroxyl groups is 1. The molecule has 0 aromatic carbocycles. The summed E-state index contributed by atoms with van der Waals surface area (Å²) in [6, 6.07) is 0. The van der Waals surface area contributed by atoms with Gasteiger partial charge in [-0.3, -0.25) is 4.90 Å². The number of hydrogen-bond donors (Lipinski definition) is 1. The first-order valence-corrected chi connectivity index (χ1v) is 8.16. The number of β-amino-alcohol motifs (C(OH)–C–C–N with tert-alkyl or cyclic N) is 1. The van der Waals surface area contributed by atoms with E-state index in [1.807, 2.05) is 12.4 Å². The Bertz CT molecular complexity index is 442. The van der Waals surface area contributed by atoms with Crippen molar-refractivity contribution in [1.82, 2.24) is 14.9 Å². The fourth-order valence-electron chi connectivity index (χ4n) is 3.53. The molecule has 2 heterocycles. The maximum atomic E-state index is 8.97. The second kappa shape index (κ2) is 6.71. The van der Waals surface area contributed by atoms with Crippen LogP contribution in [-0.4, -0.2) is 59.3 Å². The van der Waals surface area contributed by atoms with Crippen molar-refractivity contribution < 1.29 is 5.11 Å². The van der Waals surface area contributed by atoms with E-state index < -0.39 is 0 Å². The van der Waals surface area contributed by atoms with Gasteiger partial charge in [0.15, 0.2) is 0 Å². The Hall–Kier alpha value is -1.20. The number of anilines is 1. The molecule has 0 spiro atoms. The summed E-state index contributed by atoms with van der Waals surface area (Å²) in [6.45, 7) is 7.19. The third-order valence-electron chi connectivity index (χ3n) is 4.90. The molecule has 1 unspecified atom stereocenters. The van der Waals surface area contributed by atoms with E-state index in [4.69, 9.17) is 5.11 Å². The molecule has 0 radical (unpaired) electrons. The fourth-order valence-corrected chi connectivity index (χ4v) is 3.53. The molecule has 1 saturated carbocycles. The topological polar surface area (TPSA) is 52.5 Å². The minimum Gasteiger partial charge on any atom is -0.395 e. The maximum absolute atomic E-state index is 8.97. The molecule has 1 aromatic heterocycles. The van der Waals surface area contributed by atoms with E-state index in [0.717, 1.165) is 44.6 Å². The Balaban J connectivity index is 1.57. The average molecular weight is 290 g/mol. The van der Waals surface area contributed by atoms with Crippen LogP contribution in [0.3, 0.4) is 0 Å². The van der Waals surface area contributed by atoms with E-state index >= 15 is 0 Å². The first kappa shape index (κ1) is 14.7. The third-order valence-corrected chi connectivity index (χ3v) is 4.90. The van der Waals surface area contributed by atoms with E-state index in [2.05, 4.69) is 26.7 Å². The monoisotopic (exact) mass is 290 g/mol. The van der Waals surface area contributed by atoms with Gasteiger partial charge in [0.05, 0.1) is 6.61 Å². The van der Waals surface area contributed by atoms with E-state index in [0.29, 0.717) is 5.92 Å². The Morgan fingerprint density at radius 2 is 1.86 bits per heavy atom. The van der Waals surface area contributed by atoms with Gasteiger partial charge in [-0.25, -0.2) is 9.97 Å². The average Bonchev–Trinajstić information content (AvgIpc) is 2.95. The lowest BCUT2D eigenvalue weighted by Crippen LogP contribution is -2.47. The highest BCUT2D eigenvalue weighted by Crippen LogP contribution is 2.37. The quantitative estimate of drug-likeness (QED) is 0.910. The lowest BCUT2D eigenvalue weighted by Gasteiger charge is -2.34. The van der Waals surface area contributed by atoms with Crippen molar-refractivity contribution in [3.63, 3.8) is 0 Å². The second-order valence-corrected chi connectivity index (χ2v) is 6.48. The zero-order chi connectivity index (χ0) is 14.7. The molecule has 2 fully saturated rings. The molecular weight excluding hydrogens is 264 g/mol. The minimum atomic E-state index is 0.241. The van der Waals surface area contributed by atoms with Crippen LogP contribution >= 0.6 is 0 Å². The van der Waals surface area contributed by atoms with Gasteiger partial charge < -0.3 is 10.0 Å². The summed E-state index contributed by atoms with van der Waals surface area (Å²) in [5.74, 6) is 2.36. The van der Waals surface area contributed by atoms with Gasteiger partial charge >= 0.3 is 0 Å². The lowest BCUT2D eigenvalue weighted by molar-refractivity contribution is 0.188. The number of aromatic nitrogens is 2.